The van der Waals surface area contributed by atoms with Gasteiger partial charge in [-0.05, 0) is 36.4 Å². The second-order valence-electron chi connectivity index (χ2n) is 6.54. The Morgan fingerprint density at radius 3 is 2.71 bits per heavy atom. The molecule has 0 aliphatic heterocycles. The molecule has 2 aromatic carbocycles. The number of nitriles is 1. The highest BCUT2D eigenvalue weighted by Gasteiger charge is 2.17. The molecular formula is C22H17ClN6OS. The number of aliphatic hydroxyl groups is 1. The molecule has 0 aliphatic carbocycles. The van der Waals surface area contributed by atoms with Gasteiger partial charge in [0.2, 0.25) is 0 Å². The number of para-hydroxylation sites is 2. The minimum atomic E-state index is -0.0900. The minimum Gasteiger partial charge on any atom is -0.510 e. The second-order valence-corrected chi connectivity index (χ2v) is 7.92. The molecule has 31 heavy (non-hydrogen) atoms. The van der Waals surface area contributed by atoms with E-state index >= 15 is 0 Å². The van der Waals surface area contributed by atoms with Gasteiger partial charge in [-0.2, -0.15) is 5.26 Å². The van der Waals surface area contributed by atoms with Gasteiger partial charge in [-0.3, -0.25) is 4.57 Å². The standard InChI is InChI=1S/C22H17ClN6OS/c1-2-11-29-21(14-7-9-15(23)10-8-14)27-28-22(29)31-13-19(30)16(12-24)20-25-17-5-3-4-6-18(17)26-20/h2-10,30H,1,11,13H2,(H,25,26)/b19-16-. The first-order chi connectivity index (χ1) is 15.1. The molecule has 4 rings (SSSR count). The lowest BCUT2D eigenvalue weighted by Gasteiger charge is -2.08. The first-order valence-corrected chi connectivity index (χ1v) is 10.7. The fraction of sp³-hybridized carbons (Fsp3) is 0.0909. The summed E-state index contributed by atoms with van der Waals surface area (Å²) in [5, 5.41) is 30.0. The van der Waals surface area contributed by atoms with Crippen molar-refractivity contribution in [3.63, 3.8) is 0 Å². The van der Waals surface area contributed by atoms with E-state index in [1.807, 2.05) is 47.0 Å². The lowest BCUT2D eigenvalue weighted by molar-refractivity contribution is 0.420. The molecule has 9 heteroatoms. The van der Waals surface area contributed by atoms with Gasteiger partial charge in [0.1, 0.15) is 17.4 Å². The molecule has 0 amide bonds. The number of allylic oxidation sites excluding steroid dienone is 2. The number of nitrogens with one attached hydrogen (secondary N) is 1. The fourth-order valence-corrected chi connectivity index (χ4v) is 3.98. The van der Waals surface area contributed by atoms with E-state index in [0.29, 0.717) is 28.4 Å². The number of fused-ring (bicyclic) bond motifs is 1. The molecule has 0 bridgehead atoms. The van der Waals surface area contributed by atoms with Crippen molar-refractivity contribution in [2.45, 2.75) is 11.7 Å². The topological polar surface area (TPSA) is 103 Å². The van der Waals surface area contributed by atoms with E-state index in [-0.39, 0.29) is 17.1 Å². The molecule has 0 radical (unpaired) electrons. The Hall–Kier alpha value is -3.54. The normalized spacial score (nSPS) is 11.9. The number of hydrogen-bond donors (Lipinski definition) is 2. The van der Waals surface area contributed by atoms with Crippen LogP contribution in [0.4, 0.5) is 0 Å². The smallest absolute Gasteiger partial charge is 0.192 e. The maximum atomic E-state index is 10.6. The summed E-state index contributed by atoms with van der Waals surface area (Å²) < 4.78 is 1.89. The number of hydrogen-bond acceptors (Lipinski definition) is 6. The quantitative estimate of drug-likeness (QED) is 0.173. The SMILES string of the molecule is C=CCn1c(SC/C(O)=C(\C#N)c2nc3ccccc3[nH]2)nnc1-c1ccc(Cl)cc1. The van der Waals surface area contributed by atoms with Crippen molar-refractivity contribution in [2.75, 3.05) is 5.75 Å². The monoisotopic (exact) mass is 448 g/mol. The average Bonchev–Trinajstić information content (AvgIpc) is 3.38. The molecule has 2 heterocycles. The molecule has 0 spiro atoms. The molecule has 0 fully saturated rings. The van der Waals surface area contributed by atoms with Crippen LogP contribution in [0.5, 0.6) is 0 Å². The summed E-state index contributed by atoms with van der Waals surface area (Å²) in [7, 11) is 0. The number of H-pyrrole nitrogens is 1. The Morgan fingerprint density at radius 2 is 2.00 bits per heavy atom. The van der Waals surface area contributed by atoms with Crippen LogP contribution in [0.1, 0.15) is 5.82 Å². The number of rotatable bonds is 7. The summed E-state index contributed by atoms with van der Waals surface area (Å²) in [5.74, 6) is 1.04. The lowest BCUT2D eigenvalue weighted by Crippen LogP contribution is -2.02. The van der Waals surface area contributed by atoms with Crippen molar-refractivity contribution in [2.24, 2.45) is 0 Å². The second kappa shape index (κ2) is 9.08. The zero-order valence-corrected chi connectivity index (χ0v) is 17.9. The third-order valence-electron chi connectivity index (χ3n) is 4.50. The number of aromatic amines is 1. The first-order valence-electron chi connectivity index (χ1n) is 9.31. The van der Waals surface area contributed by atoms with Gasteiger partial charge in [-0.15, -0.1) is 16.8 Å². The number of thioether (sulfide) groups is 1. The van der Waals surface area contributed by atoms with Gasteiger partial charge in [0, 0.05) is 17.1 Å². The van der Waals surface area contributed by atoms with Crippen LogP contribution >= 0.6 is 23.4 Å². The van der Waals surface area contributed by atoms with Crippen LogP contribution in [0, 0.1) is 11.3 Å². The molecule has 4 aromatic rings. The zero-order chi connectivity index (χ0) is 21.8. The van der Waals surface area contributed by atoms with E-state index in [2.05, 4.69) is 26.7 Å². The van der Waals surface area contributed by atoms with E-state index in [1.165, 1.54) is 11.8 Å². The molecule has 0 atom stereocenters. The van der Waals surface area contributed by atoms with Crippen LogP contribution in [0.2, 0.25) is 5.02 Å². The molecule has 2 N–H and O–H groups in total. The number of nitrogens with zero attached hydrogens (tertiary/aromatic N) is 5. The van der Waals surface area contributed by atoms with E-state index < -0.39 is 0 Å². The van der Waals surface area contributed by atoms with Crippen molar-refractivity contribution >= 4 is 40.0 Å². The van der Waals surface area contributed by atoms with E-state index in [9.17, 15) is 10.4 Å². The fourth-order valence-electron chi connectivity index (χ4n) is 3.03. The van der Waals surface area contributed by atoms with Gasteiger partial charge in [-0.1, -0.05) is 41.6 Å². The summed E-state index contributed by atoms with van der Waals surface area (Å²) in [6.45, 7) is 4.29. The van der Waals surface area contributed by atoms with Crippen LogP contribution in [0.25, 0.3) is 28.0 Å². The maximum Gasteiger partial charge on any atom is 0.192 e. The number of aromatic nitrogens is 5. The van der Waals surface area contributed by atoms with E-state index in [1.54, 1.807) is 18.2 Å². The van der Waals surface area contributed by atoms with Crippen molar-refractivity contribution < 1.29 is 5.11 Å². The predicted octanol–water partition coefficient (Wildman–Crippen LogP) is 5.25. The molecule has 0 saturated carbocycles. The minimum absolute atomic E-state index is 0.0900. The van der Waals surface area contributed by atoms with Crippen LogP contribution in [0.3, 0.4) is 0 Å². The average molecular weight is 449 g/mol. The highest BCUT2D eigenvalue weighted by atomic mass is 35.5. The summed E-state index contributed by atoms with van der Waals surface area (Å²) in [6.07, 6.45) is 1.75. The van der Waals surface area contributed by atoms with E-state index in [0.717, 1.165) is 16.6 Å². The van der Waals surface area contributed by atoms with Gasteiger partial charge in [-0.25, -0.2) is 4.98 Å². The predicted molar refractivity (Wildman–Crippen MR) is 123 cm³/mol. The molecule has 7 nitrogen and oxygen atoms in total. The third kappa shape index (κ3) is 4.33. The summed E-state index contributed by atoms with van der Waals surface area (Å²) in [4.78, 5) is 7.46. The Balaban J connectivity index is 1.60. The Bertz CT molecular complexity index is 1280. The molecule has 0 saturated heterocycles. The van der Waals surface area contributed by atoms with Gasteiger partial charge in [0.05, 0.1) is 16.8 Å². The maximum absolute atomic E-state index is 10.6. The van der Waals surface area contributed by atoms with Crippen LogP contribution in [-0.2, 0) is 6.54 Å². The lowest BCUT2D eigenvalue weighted by atomic mass is 10.2. The highest BCUT2D eigenvalue weighted by molar-refractivity contribution is 7.99. The van der Waals surface area contributed by atoms with Crippen LogP contribution in [-0.4, -0.2) is 35.6 Å². The Kier molecular flexibility index (Phi) is 6.07. The summed E-state index contributed by atoms with van der Waals surface area (Å²) in [6, 6.07) is 16.8. The van der Waals surface area contributed by atoms with E-state index in [4.69, 9.17) is 11.6 Å². The molecule has 0 aliphatic rings. The first kappa shape index (κ1) is 20.7. The Labute approximate surface area is 187 Å². The van der Waals surface area contributed by atoms with Crippen molar-refractivity contribution in [3.8, 4) is 17.5 Å². The van der Waals surface area contributed by atoms with Crippen molar-refractivity contribution in [3.05, 3.63) is 77.8 Å². The number of benzene rings is 2. The summed E-state index contributed by atoms with van der Waals surface area (Å²) in [5.41, 5.74) is 2.48. The van der Waals surface area contributed by atoms with Gasteiger partial charge in [0.25, 0.3) is 0 Å². The number of halogens is 1. The van der Waals surface area contributed by atoms with Crippen LogP contribution < -0.4 is 0 Å². The summed E-state index contributed by atoms with van der Waals surface area (Å²) >= 11 is 7.25. The van der Waals surface area contributed by atoms with Gasteiger partial charge >= 0.3 is 0 Å². The molecule has 0 unspecified atom stereocenters. The zero-order valence-electron chi connectivity index (χ0n) is 16.3. The third-order valence-corrected chi connectivity index (χ3v) is 5.73. The molecule has 154 valence electrons. The van der Waals surface area contributed by atoms with Crippen molar-refractivity contribution in [1.82, 2.24) is 24.7 Å². The van der Waals surface area contributed by atoms with Crippen molar-refractivity contribution in [1.29, 1.82) is 5.26 Å². The van der Waals surface area contributed by atoms with Gasteiger partial charge < -0.3 is 10.1 Å². The molecule has 2 aromatic heterocycles. The highest BCUT2D eigenvalue weighted by Crippen LogP contribution is 2.28. The molecular weight excluding hydrogens is 432 g/mol. The van der Waals surface area contributed by atoms with Gasteiger partial charge in [0.15, 0.2) is 16.8 Å². The largest absolute Gasteiger partial charge is 0.510 e. The Morgan fingerprint density at radius 1 is 1.23 bits per heavy atom. The van der Waals surface area contributed by atoms with Crippen LogP contribution in [0.15, 0.2) is 72.1 Å². The number of aliphatic hydroxyl groups excluding tert-OH is 1. The number of imidazole rings is 1.